The molecule has 2 aliphatic rings. The summed E-state index contributed by atoms with van der Waals surface area (Å²) >= 11 is 1.96. The van der Waals surface area contributed by atoms with Gasteiger partial charge in [0, 0.05) is 41.2 Å². The Morgan fingerprint density at radius 2 is 2.00 bits per heavy atom. The van der Waals surface area contributed by atoms with Crippen molar-refractivity contribution in [2.75, 3.05) is 13.6 Å². The third kappa shape index (κ3) is 3.12. The van der Waals surface area contributed by atoms with Crippen LogP contribution in [0.4, 0.5) is 0 Å². The highest BCUT2D eigenvalue weighted by molar-refractivity contribution is 7.19. The molecule has 1 aromatic heterocycles. The van der Waals surface area contributed by atoms with Gasteiger partial charge in [-0.3, -0.25) is 0 Å². The lowest BCUT2D eigenvalue weighted by atomic mass is 9.87. The number of nitrogens with one attached hydrogen (secondary N) is 1. The fourth-order valence-electron chi connectivity index (χ4n) is 3.98. The SMILES string of the molecule is CN1Cc2cc(CNC3CC3)ccc2C(c2cc3ccccc3s2)C1. The van der Waals surface area contributed by atoms with E-state index in [1.165, 1.54) is 44.5 Å². The molecule has 1 atom stereocenters. The fourth-order valence-corrected chi connectivity index (χ4v) is 5.15. The van der Waals surface area contributed by atoms with Gasteiger partial charge in [-0.15, -0.1) is 11.3 Å². The average molecular weight is 349 g/mol. The molecule has 1 saturated carbocycles. The van der Waals surface area contributed by atoms with Crippen molar-refractivity contribution >= 4 is 21.4 Å². The monoisotopic (exact) mass is 348 g/mol. The molecular weight excluding hydrogens is 324 g/mol. The summed E-state index contributed by atoms with van der Waals surface area (Å²) in [6.07, 6.45) is 2.70. The number of hydrogen-bond donors (Lipinski definition) is 1. The summed E-state index contributed by atoms with van der Waals surface area (Å²) in [4.78, 5) is 3.97. The molecule has 1 N–H and O–H groups in total. The van der Waals surface area contributed by atoms with Crippen LogP contribution in [-0.4, -0.2) is 24.5 Å². The fraction of sp³-hybridized carbons (Fsp3) is 0.364. The van der Waals surface area contributed by atoms with E-state index in [1.54, 1.807) is 0 Å². The lowest BCUT2D eigenvalue weighted by Gasteiger charge is -2.32. The van der Waals surface area contributed by atoms with Crippen LogP contribution in [0.1, 0.15) is 40.3 Å². The molecule has 2 heterocycles. The molecule has 1 aliphatic heterocycles. The average Bonchev–Trinajstić information content (AvgIpc) is 3.35. The van der Waals surface area contributed by atoms with Gasteiger partial charge in [0.1, 0.15) is 0 Å². The lowest BCUT2D eigenvalue weighted by molar-refractivity contribution is 0.296. The Morgan fingerprint density at radius 3 is 2.84 bits per heavy atom. The third-order valence-corrected chi connectivity index (χ3v) is 6.71. The second-order valence-corrected chi connectivity index (χ2v) is 8.74. The molecule has 1 unspecified atom stereocenters. The highest BCUT2D eigenvalue weighted by atomic mass is 32.1. The molecule has 0 spiro atoms. The molecule has 0 radical (unpaired) electrons. The van der Waals surface area contributed by atoms with Gasteiger partial charge < -0.3 is 10.2 Å². The van der Waals surface area contributed by atoms with Gasteiger partial charge in [0.15, 0.2) is 0 Å². The van der Waals surface area contributed by atoms with E-state index < -0.39 is 0 Å². The molecule has 2 aromatic carbocycles. The molecule has 128 valence electrons. The second-order valence-electron chi connectivity index (χ2n) is 7.62. The minimum atomic E-state index is 0.497. The summed E-state index contributed by atoms with van der Waals surface area (Å²) in [7, 11) is 2.25. The largest absolute Gasteiger partial charge is 0.310 e. The van der Waals surface area contributed by atoms with Crippen LogP contribution in [0.2, 0.25) is 0 Å². The van der Waals surface area contributed by atoms with Gasteiger partial charge in [0.2, 0.25) is 0 Å². The van der Waals surface area contributed by atoms with Gasteiger partial charge in [-0.2, -0.15) is 0 Å². The normalized spacial score (nSPS) is 20.8. The maximum absolute atomic E-state index is 3.64. The molecule has 0 amide bonds. The molecule has 3 heteroatoms. The minimum absolute atomic E-state index is 0.497. The number of benzene rings is 2. The van der Waals surface area contributed by atoms with Crippen molar-refractivity contribution in [3.05, 3.63) is 70.1 Å². The summed E-state index contributed by atoms with van der Waals surface area (Å²) in [6, 6.07) is 19.1. The van der Waals surface area contributed by atoms with Crippen LogP contribution in [0.25, 0.3) is 10.1 Å². The molecule has 1 aliphatic carbocycles. The van der Waals surface area contributed by atoms with E-state index in [0.29, 0.717) is 5.92 Å². The van der Waals surface area contributed by atoms with E-state index in [1.807, 2.05) is 11.3 Å². The molecule has 5 rings (SSSR count). The molecule has 0 bridgehead atoms. The first-order valence-corrected chi connectivity index (χ1v) is 10.1. The number of nitrogens with zero attached hydrogens (tertiary/aromatic N) is 1. The topological polar surface area (TPSA) is 15.3 Å². The van der Waals surface area contributed by atoms with Crippen LogP contribution in [0.3, 0.4) is 0 Å². The number of hydrogen-bond acceptors (Lipinski definition) is 3. The Hall–Kier alpha value is -1.68. The number of fused-ring (bicyclic) bond motifs is 2. The van der Waals surface area contributed by atoms with Crippen molar-refractivity contribution in [1.82, 2.24) is 10.2 Å². The first-order valence-electron chi connectivity index (χ1n) is 9.28. The molecule has 3 aromatic rings. The predicted octanol–water partition coefficient (Wildman–Crippen LogP) is 4.73. The van der Waals surface area contributed by atoms with E-state index in [0.717, 1.165) is 25.7 Å². The van der Waals surface area contributed by atoms with E-state index in [9.17, 15) is 0 Å². The van der Waals surface area contributed by atoms with Crippen LogP contribution < -0.4 is 5.32 Å². The molecule has 25 heavy (non-hydrogen) atoms. The minimum Gasteiger partial charge on any atom is -0.310 e. The smallest absolute Gasteiger partial charge is 0.0345 e. The first-order chi connectivity index (χ1) is 12.3. The molecule has 1 fully saturated rings. The Bertz CT molecular complexity index is 876. The molecule has 2 nitrogen and oxygen atoms in total. The van der Waals surface area contributed by atoms with Crippen LogP contribution >= 0.6 is 11.3 Å². The Labute approximate surface area is 153 Å². The van der Waals surface area contributed by atoms with Crippen molar-refractivity contribution < 1.29 is 0 Å². The standard InChI is InChI=1S/C22H24N2S/c1-24-13-17-10-15(12-23-18-7-8-18)6-9-19(17)20(14-24)22-11-16-4-2-3-5-21(16)25-22/h2-6,9-11,18,20,23H,7-8,12-14H2,1H3. The summed E-state index contributed by atoms with van der Waals surface area (Å²) in [5.74, 6) is 0.497. The predicted molar refractivity (Wildman–Crippen MR) is 106 cm³/mol. The second kappa shape index (κ2) is 6.24. The van der Waals surface area contributed by atoms with Crippen LogP contribution in [0.15, 0.2) is 48.5 Å². The zero-order valence-corrected chi connectivity index (χ0v) is 15.5. The van der Waals surface area contributed by atoms with Gasteiger partial charge in [0.25, 0.3) is 0 Å². The number of likely N-dealkylation sites (N-methyl/N-ethyl adjacent to an activating group) is 1. The number of thiophene rings is 1. The van der Waals surface area contributed by atoms with Crippen LogP contribution in [0, 0.1) is 0 Å². The van der Waals surface area contributed by atoms with Gasteiger partial charge in [-0.1, -0.05) is 36.4 Å². The van der Waals surface area contributed by atoms with Gasteiger partial charge in [0.05, 0.1) is 0 Å². The van der Waals surface area contributed by atoms with E-state index in [2.05, 4.69) is 65.8 Å². The lowest BCUT2D eigenvalue weighted by Crippen LogP contribution is -2.30. The highest BCUT2D eigenvalue weighted by Crippen LogP contribution is 2.39. The quantitative estimate of drug-likeness (QED) is 0.733. The van der Waals surface area contributed by atoms with Gasteiger partial charge >= 0.3 is 0 Å². The summed E-state index contributed by atoms with van der Waals surface area (Å²) < 4.78 is 1.40. The van der Waals surface area contributed by atoms with Crippen LogP contribution in [-0.2, 0) is 13.1 Å². The summed E-state index contributed by atoms with van der Waals surface area (Å²) in [5, 5.41) is 5.02. The van der Waals surface area contributed by atoms with E-state index >= 15 is 0 Å². The van der Waals surface area contributed by atoms with Gasteiger partial charge in [-0.25, -0.2) is 0 Å². The molecular formula is C22H24N2S. The molecule has 0 saturated heterocycles. The van der Waals surface area contributed by atoms with E-state index in [-0.39, 0.29) is 0 Å². The highest BCUT2D eigenvalue weighted by Gasteiger charge is 2.26. The van der Waals surface area contributed by atoms with Crippen molar-refractivity contribution in [2.45, 2.75) is 37.9 Å². The summed E-state index contributed by atoms with van der Waals surface area (Å²) in [6.45, 7) is 3.18. The van der Waals surface area contributed by atoms with Crippen molar-refractivity contribution in [2.24, 2.45) is 0 Å². The Balaban J connectivity index is 1.49. The van der Waals surface area contributed by atoms with Crippen molar-refractivity contribution in [3.8, 4) is 0 Å². The van der Waals surface area contributed by atoms with Crippen molar-refractivity contribution in [1.29, 1.82) is 0 Å². The van der Waals surface area contributed by atoms with Crippen LogP contribution in [0.5, 0.6) is 0 Å². The van der Waals surface area contributed by atoms with Gasteiger partial charge in [-0.05, 0) is 54.1 Å². The Kier molecular flexibility index (Phi) is 3.89. The maximum Gasteiger partial charge on any atom is 0.0345 e. The Morgan fingerprint density at radius 1 is 1.12 bits per heavy atom. The maximum atomic E-state index is 3.64. The zero-order chi connectivity index (χ0) is 16.8. The zero-order valence-electron chi connectivity index (χ0n) is 14.7. The third-order valence-electron chi connectivity index (χ3n) is 5.48. The number of rotatable bonds is 4. The summed E-state index contributed by atoms with van der Waals surface area (Å²) in [5.41, 5.74) is 4.46. The first kappa shape index (κ1) is 15.6. The van der Waals surface area contributed by atoms with E-state index in [4.69, 9.17) is 0 Å². The van der Waals surface area contributed by atoms with Crippen molar-refractivity contribution in [3.63, 3.8) is 0 Å².